The van der Waals surface area contributed by atoms with E-state index in [0.717, 1.165) is 33.3 Å². The van der Waals surface area contributed by atoms with Gasteiger partial charge in [-0.15, -0.1) is 0 Å². The van der Waals surface area contributed by atoms with Gasteiger partial charge in [0.1, 0.15) is 11.6 Å². The van der Waals surface area contributed by atoms with Crippen LogP contribution in [0, 0.1) is 5.82 Å². The van der Waals surface area contributed by atoms with Crippen molar-refractivity contribution in [2.24, 2.45) is 0 Å². The molecule has 1 aromatic heterocycles. The summed E-state index contributed by atoms with van der Waals surface area (Å²) >= 11 is 1.27. The van der Waals surface area contributed by atoms with Gasteiger partial charge in [-0.05, 0) is 49.4 Å². The lowest BCUT2D eigenvalue weighted by Crippen LogP contribution is -2.34. The number of carbonyl (C=O) groups excluding carboxylic acids is 1. The lowest BCUT2D eigenvalue weighted by molar-refractivity contribution is -0.116. The number of hydrogen-bond acceptors (Lipinski definition) is 6. The Kier molecular flexibility index (Phi) is 5.92. The van der Waals surface area contributed by atoms with Gasteiger partial charge >= 0.3 is 0 Å². The van der Waals surface area contributed by atoms with Crippen molar-refractivity contribution in [1.29, 1.82) is 0 Å². The van der Waals surface area contributed by atoms with E-state index in [4.69, 9.17) is 4.74 Å². The van der Waals surface area contributed by atoms with Gasteiger partial charge in [-0.1, -0.05) is 11.3 Å². The van der Waals surface area contributed by atoms with Gasteiger partial charge in [-0.3, -0.25) is 4.79 Å². The molecular formula is C18H18FN3O4S2. The summed E-state index contributed by atoms with van der Waals surface area (Å²) in [6, 6.07) is 9.83. The topological polar surface area (TPSA) is 88.6 Å². The minimum Gasteiger partial charge on any atom is -0.494 e. The monoisotopic (exact) mass is 423 g/mol. The second kappa shape index (κ2) is 8.21. The van der Waals surface area contributed by atoms with E-state index in [1.807, 2.05) is 13.0 Å². The number of likely N-dealkylation sites (N-methyl/N-ethyl adjacent to an activating group) is 1. The van der Waals surface area contributed by atoms with Crippen LogP contribution in [0.4, 0.5) is 9.52 Å². The number of thiazole rings is 1. The zero-order chi connectivity index (χ0) is 20.3. The smallest absolute Gasteiger partial charge is 0.243 e. The molecule has 3 aromatic rings. The van der Waals surface area contributed by atoms with Crippen molar-refractivity contribution in [2.75, 3.05) is 25.5 Å². The highest BCUT2D eigenvalue weighted by molar-refractivity contribution is 7.89. The number of halogens is 1. The molecular weight excluding hydrogens is 405 g/mol. The number of fused-ring (bicyclic) bond motifs is 1. The van der Waals surface area contributed by atoms with Gasteiger partial charge in [0.05, 0.1) is 28.3 Å². The zero-order valence-electron chi connectivity index (χ0n) is 15.2. The first-order chi connectivity index (χ1) is 13.3. The van der Waals surface area contributed by atoms with Crippen LogP contribution in [0.3, 0.4) is 0 Å². The Hall–Kier alpha value is -2.56. The van der Waals surface area contributed by atoms with Crippen LogP contribution in [-0.2, 0) is 14.8 Å². The van der Waals surface area contributed by atoms with Crippen molar-refractivity contribution >= 4 is 42.6 Å². The van der Waals surface area contributed by atoms with Crippen molar-refractivity contribution in [1.82, 2.24) is 9.29 Å². The molecule has 0 unspecified atom stereocenters. The number of benzene rings is 2. The van der Waals surface area contributed by atoms with E-state index in [1.54, 1.807) is 12.1 Å². The number of rotatable bonds is 7. The molecule has 7 nitrogen and oxygen atoms in total. The molecule has 2 aromatic carbocycles. The molecule has 148 valence electrons. The van der Waals surface area contributed by atoms with E-state index in [0.29, 0.717) is 23.0 Å². The summed E-state index contributed by atoms with van der Waals surface area (Å²) in [5, 5.41) is 2.97. The predicted octanol–water partition coefficient (Wildman–Crippen LogP) is 3.09. The van der Waals surface area contributed by atoms with E-state index in [-0.39, 0.29) is 4.90 Å². The quantitative estimate of drug-likeness (QED) is 0.631. The van der Waals surface area contributed by atoms with Crippen LogP contribution in [0.5, 0.6) is 5.75 Å². The Bertz CT molecular complexity index is 1100. The number of anilines is 1. The molecule has 1 N–H and O–H groups in total. The van der Waals surface area contributed by atoms with Gasteiger partial charge in [0.15, 0.2) is 5.13 Å². The molecule has 0 aliphatic carbocycles. The Morgan fingerprint density at radius 2 is 1.96 bits per heavy atom. The summed E-state index contributed by atoms with van der Waals surface area (Å²) in [7, 11) is -2.62. The zero-order valence-corrected chi connectivity index (χ0v) is 16.8. The van der Waals surface area contributed by atoms with Crippen molar-refractivity contribution in [2.45, 2.75) is 11.8 Å². The number of ether oxygens (including phenoxy) is 1. The molecule has 0 spiro atoms. The van der Waals surface area contributed by atoms with Crippen molar-refractivity contribution in [3.63, 3.8) is 0 Å². The standard InChI is InChI=1S/C18H18FN3O4S2/c1-3-26-13-6-9-15-16(10-13)27-18(20-15)21-17(23)11-22(2)28(24,25)14-7-4-12(19)5-8-14/h4-10H,3,11H2,1-2H3,(H,20,21,23). The molecule has 10 heteroatoms. The molecule has 0 atom stereocenters. The van der Waals surface area contributed by atoms with Gasteiger partial charge in [0, 0.05) is 7.05 Å². The van der Waals surface area contributed by atoms with E-state index in [2.05, 4.69) is 10.3 Å². The fraction of sp³-hybridized carbons (Fsp3) is 0.222. The molecule has 0 aliphatic rings. The largest absolute Gasteiger partial charge is 0.494 e. The summed E-state index contributed by atoms with van der Waals surface area (Å²) in [6.45, 7) is 2.03. The maximum absolute atomic E-state index is 13.0. The minimum absolute atomic E-state index is 0.0901. The lowest BCUT2D eigenvalue weighted by Gasteiger charge is -2.16. The molecule has 0 fully saturated rings. The molecule has 0 aliphatic heterocycles. The van der Waals surface area contributed by atoms with Crippen molar-refractivity contribution < 1.29 is 22.3 Å². The maximum Gasteiger partial charge on any atom is 0.243 e. The first-order valence-electron chi connectivity index (χ1n) is 8.34. The van der Waals surface area contributed by atoms with Crippen LogP contribution >= 0.6 is 11.3 Å². The lowest BCUT2D eigenvalue weighted by atomic mass is 10.3. The van der Waals surface area contributed by atoms with Crippen LogP contribution in [0.25, 0.3) is 10.2 Å². The van der Waals surface area contributed by atoms with Crippen LogP contribution in [0.2, 0.25) is 0 Å². The first-order valence-corrected chi connectivity index (χ1v) is 10.6. The summed E-state index contributed by atoms with van der Waals surface area (Å²) in [4.78, 5) is 16.5. The van der Waals surface area contributed by atoms with E-state index < -0.39 is 28.3 Å². The average Bonchev–Trinajstić information content (AvgIpc) is 3.03. The number of hydrogen-bond donors (Lipinski definition) is 1. The summed E-state index contributed by atoms with van der Waals surface area (Å²) < 4.78 is 45.1. The molecule has 1 heterocycles. The van der Waals surface area contributed by atoms with Gasteiger partial charge in [-0.2, -0.15) is 4.31 Å². The van der Waals surface area contributed by atoms with Gasteiger partial charge in [0.2, 0.25) is 15.9 Å². The summed E-state index contributed by atoms with van der Waals surface area (Å²) in [5.41, 5.74) is 0.705. The molecule has 28 heavy (non-hydrogen) atoms. The number of amides is 1. The van der Waals surface area contributed by atoms with Gasteiger partial charge in [0.25, 0.3) is 0 Å². The fourth-order valence-electron chi connectivity index (χ4n) is 2.45. The number of carbonyl (C=O) groups is 1. The summed E-state index contributed by atoms with van der Waals surface area (Å²) in [5.74, 6) is -0.360. The molecule has 0 bridgehead atoms. The second-order valence-corrected chi connectivity index (χ2v) is 8.92. The third kappa shape index (κ3) is 4.46. The van der Waals surface area contributed by atoms with Crippen LogP contribution in [-0.4, -0.2) is 43.8 Å². The second-order valence-electron chi connectivity index (χ2n) is 5.84. The van der Waals surface area contributed by atoms with Gasteiger partial charge in [-0.25, -0.2) is 17.8 Å². The average molecular weight is 423 g/mol. The first kappa shape index (κ1) is 20.2. The molecule has 0 radical (unpaired) electrons. The van der Waals surface area contributed by atoms with Crippen LogP contribution in [0.15, 0.2) is 47.4 Å². The van der Waals surface area contributed by atoms with Crippen LogP contribution < -0.4 is 10.1 Å². The molecule has 1 amide bonds. The Balaban J connectivity index is 1.69. The Labute approximate surface area is 165 Å². The number of nitrogens with zero attached hydrogens (tertiary/aromatic N) is 2. The predicted molar refractivity (Wildman–Crippen MR) is 106 cm³/mol. The van der Waals surface area contributed by atoms with E-state index >= 15 is 0 Å². The minimum atomic E-state index is -3.91. The van der Waals surface area contributed by atoms with E-state index in [9.17, 15) is 17.6 Å². The normalized spacial score (nSPS) is 11.7. The van der Waals surface area contributed by atoms with Gasteiger partial charge < -0.3 is 10.1 Å². The van der Waals surface area contributed by atoms with Crippen molar-refractivity contribution in [3.8, 4) is 5.75 Å². The number of nitrogens with one attached hydrogen (secondary N) is 1. The highest BCUT2D eigenvalue weighted by atomic mass is 32.2. The van der Waals surface area contributed by atoms with E-state index in [1.165, 1.54) is 18.4 Å². The fourth-order valence-corrected chi connectivity index (χ4v) is 4.49. The molecule has 0 saturated heterocycles. The number of sulfonamides is 1. The van der Waals surface area contributed by atoms with Crippen molar-refractivity contribution in [3.05, 3.63) is 48.3 Å². The number of aromatic nitrogens is 1. The molecule has 0 saturated carbocycles. The third-order valence-corrected chi connectivity index (χ3v) is 6.56. The Morgan fingerprint density at radius 1 is 1.25 bits per heavy atom. The maximum atomic E-state index is 13.0. The highest BCUT2D eigenvalue weighted by Crippen LogP contribution is 2.29. The Morgan fingerprint density at radius 3 is 2.64 bits per heavy atom. The van der Waals surface area contributed by atoms with Crippen LogP contribution in [0.1, 0.15) is 6.92 Å². The third-order valence-electron chi connectivity index (χ3n) is 3.81. The molecule has 3 rings (SSSR count). The highest BCUT2D eigenvalue weighted by Gasteiger charge is 2.23. The summed E-state index contributed by atoms with van der Waals surface area (Å²) in [6.07, 6.45) is 0. The SMILES string of the molecule is CCOc1ccc2nc(NC(=O)CN(C)S(=O)(=O)c3ccc(F)cc3)sc2c1.